The molecule has 0 unspecified atom stereocenters. The molecule has 0 aliphatic rings. The number of hydrogen-bond donors (Lipinski definition) is 0. The van der Waals surface area contributed by atoms with Crippen LogP contribution in [-0.2, 0) is 27.5 Å². The fourth-order valence-corrected chi connectivity index (χ4v) is 4.00. The van der Waals surface area contributed by atoms with Crippen molar-refractivity contribution >= 4 is 5.91 Å². The third kappa shape index (κ3) is 7.98. The highest BCUT2D eigenvalue weighted by molar-refractivity contribution is 5.78. The normalized spacial score (nSPS) is 13.0. The third-order valence-corrected chi connectivity index (χ3v) is 5.77. The van der Waals surface area contributed by atoms with Crippen LogP contribution in [0.2, 0.25) is 0 Å². The lowest BCUT2D eigenvalue weighted by molar-refractivity contribution is -0.141. The van der Waals surface area contributed by atoms with E-state index in [1.165, 1.54) is 0 Å². The molecule has 3 rings (SSSR count). The molecule has 0 aliphatic carbocycles. The zero-order valence-electron chi connectivity index (χ0n) is 20.2. The second kappa shape index (κ2) is 14.1. The summed E-state index contributed by atoms with van der Waals surface area (Å²) in [6, 6.07) is 30.0. The smallest absolute Gasteiger partial charge is 0.249 e. The van der Waals surface area contributed by atoms with Gasteiger partial charge in [-0.05, 0) is 37.0 Å². The Labute approximate surface area is 203 Å². The van der Waals surface area contributed by atoms with E-state index in [0.717, 1.165) is 16.7 Å². The molecule has 34 heavy (non-hydrogen) atoms. The average molecular weight is 458 g/mol. The summed E-state index contributed by atoms with van der Waals surface area (Å²) >= 11 is 0. The zero-order valence-corrected chi connectivity index (χ0v) is 20.2. The molecule has 0 aliphatic heterocycles. The number of carbonyl (C=O) groups is 1. The van der Waals surface area contributed by atoms with Gasteiger partial charge in [-0.15, -0.1) is 0 Å². The first-order valence-electron chi connectivity index (χ1n) is 11.9. The Morgan fingerprint density at radius 1 is 0.824 bits per heavy atom. The molecule has 0 radical (unpaired) electrons. The van der Waals surface area contributed by atoms with Gasteiger partial charge in [-0.1, -0.05) is 103 Å². The highest BCUT2D eigenvalue weighted by Gasteiger charge is 2.27. The Balaban J connectivity index is 1.67. The third-order valence-electron chi connectivity index (χ3n) is 5.77. The van der Waals surface area contributed by atoms with E-state index in [0.29, 0.717) is 26.2 Å². The van der Waals surface area contributed by atoms with Gasteiger partial charge in [0, 0.05) is 6.61 Å². The minimum absolute atomic E-state index is 0.0292. The molecule has 178 valence electrons. The van der Waals surface area contributed by atoms with Gasteiger partial charge < -0.3 is 14.4 Å². The van der Waals surface area contributed by atoms with Crippen LogP contribution in [0.1, 0.15) is 43.0 Å². The summed E-state index contributed by atoms with van der Waals surface area (Å²) in [7, 11) is 0. The Hall–Kier alpha value is -3.21. The number of benzene rings is 3. The molecule has 1 amide bonds. The summed E-state index contributed by atoms with van der Waals surface area (Å²) in [6.07, 6.45) is 4.80. The zero-order chi connectivity index (χ0) is 24.0. The molecule has 0 saturated heterocycles. The molecule has 0 heterocycles. The van der Waals surface area contributed by atoms with E-state index in [1.807, 2.05) is 84.6 Å². The monoisotopic (exact) mass is 457 g/mol. The van der Waals surface area contributed by atoms with Crippen molar-refractivity contribution in [2.75, 3.05) is 13.2 Å². The lowest BCUT2D eigenvalue weighted by atomic mass is 10.0. The Morgan fingerprint density at radius 3 is 1.91 bits per heavy atom. The molecular formula is C30H35NO3. The number of hydrogen-bond acceptors (Lipinski definition) is 3. The van der Waals surface area contributed by atoms with Gasteiger partial charge in [0.05, 0.1) is 25.3 Å². The highest BCUT2D eigenvalue weighted by Crippen LogP contribution is 2.25. The average Bonchev–Trinajstić information content (AvgIpc) is 2.88. The molecule has 3 aromatic carbocycles. The van der Waals surface area contributed by atoms with Gasteiger partial charge in [0.1, 0.15) is 6.61 Å². The largest absolute Gasteiger partial charge is 0.377 e. The SMILES string of the molecule is C/C=C/[C@H](CCOCc1ccccc1)N(C(=O)COCc1ccccc1)[C@H](C)c1ccccc1. The van der Waals surface area contributed by atoms with Crippen LogP contribution in [0, 0.1) is 0 Å². The summed E-state index contributed by atoms with van der Waals surface area (Å²) in [5.41, 5.74) is 3.29. The van der Waals surface area contributed by atoms with Crippen molar-refractivity contribution in [1.82, 2.24) is 4.90 Å². The van der Waals surface area contributed by atoms with E-state index < -0.39 is 0 Å². The van der Waals surface area contributed by atoms with E-state index in [2.05, 4.69) is 37.3 Å². The molecule has 2 atom stereocenters. The predicted octanol–water partition coefficient (Wildman–Crippen LogP) is 6.34. The van der Waals surface area contributed by atoms with E-state index >= 15 is 0 Å². The first kappa shape index (κ1) is 25.4. The van der Waals surface area contributed by atoms with Gasteiger partial charge in [0.2, 0.25) is 5.91 Å². The van der Waals surface area contributed by atoms with E-state index in [1.54, 1.807) is 0 Å². The number of ether oxygens (including phenoxy) is 2. The number of nitrogens with zero attached hydrogens (tertiary/aromatic N) is 1. The van der Waals surface area contributed by atoms with Gasteiger partial charge in [-0.3, -0.25) is 4.79 Å². The van der Waals surface area contributed by atoms with Gasteiger partial charge in [-0.2, -0.15) is 0 Å². The summed E-state index contributed by atoms with van der Waals surface area (Å²) in [4.78, 5) is 15.4. The maximum absolute atomic E-state index is 13.4. The fourth-order valence-electron chi connectivity index (χ4n) is 4.00. The minimum Gasteiger partial charge on any atom is -0.377 e. The molecule has 0 saturated carbocycles. The number of rotatable bonds is 13. The standard InChI is InChI=1S/C30H35NO3/c1-3-13-29(20-21-33-22-26-14-7-4-8-15-26)31(25(2)28-18-11-6-12-19-28)30(32)24-34-23-27-16-9-5-10-17-27/h3-19,25,29H,20-24H2,1-2H3/b13-3+/t25-,29-/m1/s1. The quantitative estimate of drug-likeness (QED) is 0.222. The number of amides is 1. The first-order chi connectivity index (χ1) is 16.7. The van der Waals surface area contributed by atoms with Crippen LogP contribution in [-0.4, -0.2) is 30.1 Å². The molecule has 0 spiro atoms. The molecular weight excluding hydrogens is 422 g/mol. The maximum atomic E-state index is 13.4. The maximum Gasteiger partial charge on any atom is 0.249 e. The molecule has 3 aromatic rings. The van der Waals surface area contributed by atoms with E-state index in [4.69, 9.17) is 9.47 Å². The molecule has 0 N–H and O–H groups in total. The van der Waals surface area contributed by atoms with Crippen LogP contribution in [0.25, 0.3) is 0 Å². The second-order valence-electron chi connectivity index (χ2n) is 8.29. The van der Waals surface area contributed by atoms with Crippen molar-refractivity contribution in [2.24, 2.45) is 0 Å². The second-order valence-corrected chi connectivity index (χ2v) is 8.29. The van der Waals surface area contributed by atoms with Crippen molar-refractivity contribution in [3.05, 3.63) is 120 Å². The van der Waals surface area contributed by atoms with Gasteiger partial charge >= 0.3 is 0 Å². The Kier molecular flexibility index (Phi) is 10.6. The predicted molar refractivity (Wildman–Crippen MR) is 137 cm³/mol. The Bertz CT molecular complexity index is 989. The van der Waals surface area contributed by atoms with Crippen molar-refractivity contribution in [3.63, 3.8) is 0 Å². The number of carbonyl (C=O) groups excluding carboxylic acids is 1. The fraction of sp³-hybridized carbons (Fsp3) is 0.300. The molecule has 0 bridgehead atoms. The van der Waals surface area contributed by atoms with Crippen LogP contribution in [0.4, 0.5) is 0 Å². The van der Waals surface area contributed by atoms with E-state index in [-0.39, 0.29) is 24.6 Å². The summed E-state index contributed by atoms with van der Waals surface area (Å²) in [6.45, 7) is 5.62. The minimum atomic E-state index is -0.0937. The van der Waals surface area contributed by atoms with Crippen molar-refractivity contribution in [2.45, 2.75) is 45.6 Å². The van der Waals surface area contributed by atoms with Gasteiger partial charge in [0.15, 0.2) is 0 Å². The highest BCUT2D eigenvalue weighted by atomic mass is 16.5. The summed E-state index contributed by atoms with van der Waals surface area (Å²) in [5, 5.41) is 0. The van der Waals surface area contributed by atoms with Crippen LogP contribution in [0.15, 0.2) is 103 Å². The van der Waals surface area contributed by atoms with Crippen LogP contribution >= 0.6 is 0 Å². The topological polar surface area (TPSA) is 38.8 Å². The lowest BCUT2D eigenvalue weighted by Gasteiger charge is -2.35. The molecule has 4 heteroatoms. The van der Waals surface area contributed by atoms with E-state index in [9.17, 15) is 4.79 Å². The Morgan fingerprint density at radius 2 is 1.35 bits per heavy atom. The van der Waals surface area contributed by atoms with Gasteiger partial charge in [-0.25, -0.2) is 0 Å². The molecule has 0 aromatic heterocycles. The van der Waals surface area contributed by atoms with Crippen LogP contribution in [0.5, 0.6) is 0 Å². The molecule has 0 fully saturated rings. The van der Waals surface area contributed by atoms with Crippen molar-refractivity contribution in [3.8, 4) is 0 Å². The molecule has 4 nitrogen and oxygen atoms in total. The summed E-state index contributed by atoms with van der Waals surface area (Å²) < 4.78 is 11.8. The van der Waals surface area contributed by atoms with Crippen LogP contribution < -0.4 is 0 Å². The van der Waals surface area contributed by atoms with Crippen molar-refractivity contribution in [1.29, 1.82) is 0 Å². The van der Waals surface area contributed by atoms with Crippen molar-refractivity contribution < 1.29 is 14.3 Å². The van der Waals surface area contributed by atoms with Crippen LogP contribution in [0.3, 0.4) is 0 Å². The lowest BCUT2D eigenvalue weighted by Crippen LogP contribution is -2.43. The summed E-state index contributed by atoms with van der Waals surface area (Å²) in [5.74, 6) is -0.0292. The first-order valence-corrected chi connectivity index (χ1v) is 11.9. The van der Waals surface area contributed by atoms with Gasteiger partial charge in [0.25, 0.3) is 0 Å². The number of allylic oxidation sites excluding steroid dienone is 1.